The van der Waals surface area contributed by atoms with Crippen LogP contribution in [0.2, 0.25) is 5.02 Å². The highest BCUT2D eigenvalue weighted by molar-refractivity contribution is 7.13. The minimum absolute atomic E-state index is 0.0636. The van der Waals surface area contributed by atoms with Gasteiger partial charge in [-0.05, 0) is 37.6 Å². The Bertz CT molecular complexity index is 1300. The summed E-state index contributed by atoms with van der Waals surface area (Å²) in [5.41, 5.74) is 2.19. The zero-order valence-electron chi connectivity index (χ0n) is 19.5. The van der Waals surface area contributed by atoms with Gasteiger partial charge in [0.2, 0.25) is 5.91 Å². The lowest BCUT2D eigenvalue weighted by atomic mass is 9.98. The van der Waals surface area contributed by atoms with E-state index >= 15 is 0 Å². The number of rotatable bonds is 4. The Morgan fingerprint density at radius 1 is 1.17 bits per heavy atom. The van der Waals surface area contributed by atoms with Crippen LogP contribution in [0.4, 0.5) is 0 Å². The number of likely N-dealkylation sites (tertiary alicyclic amines) is 1. The minimum atomic E-state index is -0.444. The molecule has 3 atom stereocenters. The van der Waals surface area contributed by atoms with Crippen LogP contribution in [0.25, 0.3) is 10.9 Å². The summed E-state index contributed by atoms with van der Waals surface area (Å²) in [6.07, 6.45) is 1.31. The third-order valence-electron chi connectivity index (χ3n) is 6.60. The molecule has 1 saturated heterocycles. The summed E-state index contributed by atoms with van der Waals surface area (Å²) in [7, 11) is 0. The van der Waals surface area contributed by atoms with Gasteiger partial charge in [0, 0.05) is 59.8 Å². The number of hydrogen-bond donors (Lipinski definition) is 4. The van der Waals surface area contributed by atoms with Crippen molar-refractivity contribution in [1.29, 1.82) is 0 Å². The number of halogens is 1. The number of aromatic nitrogens is 2. The summed E-state index contributed by atoms with van der Waals surface area (Å²) in [6.45, 7) is 5.13. The third-order valence-corrected chi connectivity index (χ3v) is 7.93. The van der Waals surface area contributed by atoms with Crippen molar-refractivity contribution in [2.75, 3.05) is 13.1 Å². The van der Waals surface area contributed by atoms with E-state index in [1.807, 2.05) is 6.07 Å². The van der Waals surface area contributed by atoms with Crippen molar-refractivity contribution in [3.8, 4) is 0 Å². The molecule has 1 unspecified atom stereocenters. The number of H-pyrrole nitrogens is 1. The predicted octanol–water partition coefficient (Wildman–Crippen LogP) is 2.46. The van der Waals surface area contributed by atoms with Crippen LogP contribution < -0.4 is 16.0 Å². The Balaban J connectivity index is 1.32. The van der Waals surface area contributed by atoms with Crippen molar-refractivity contribution in [2.45, 2.75) is 51.4 Å². The lowest BCUT2D eigenvalue weighted by Gasteiger charge is -2.38. The van der Waals surface area contributed by atoms with E-state index in [9.17, 15) is 14.4 Å². The predicted molar refractivity (Wildman–Crippen MR) is 135 cm³/mol. The van der Waals surface area contributed by atoms with Crippen molar-refractivity contribution in [3.63, 3.8) is 0 Å². The zero-order valence-corrected chi connectivity index (χ0v) is 21.1. The fraction of sp³-hybridized carbons (Fsp3) is 0.417. The molecule has 0 radical (unpaired) electrons. The summed E-state index contributed by atoms with van der Waals surface area (Å²) >= 11 is 7.45. The Labute approximate surface area is 211 Å². The quantitative estimate of drug-likeness (QED) is 0.426. The van der Waals surface area contributed by atoms with Gasteiger partial charge < -0.3 is 25.8 Å². The summed E-state index contributed by atoms with van der Waals surface area (Å²) in [5, 5.41) is 11.3. The number of aromatic amines is 1. The topological polar surface area (TPSA) is 119 Å². The highest BCUT2D eigenvalue weighted by Gasteiger charge is 2.34. The molecule has 2 aliphatic heterocycles. The number of piperidine rings is 1. The molecule has 0 saturated carbocycles. The molecule has 0 spiro atoms. The van der Waals surface area contributed by atoms with Crippen LogP contribution in [-0.2, 0) is 17.8 Å². The molecular weight excluding hydrogens is 488 g/mol. The molecule has 2 aliphatic rings. The standard InChI is InChI=1S/C24H27ClN6O3S/c1-12-7-18-21(10-26-12)35-24(30-18)23(34)29-20-11-31(13(2)32)6-5-17(20)28-22(33)19-9-14-8-15(25)3-4-16(14)27-19/h3-4,8-9,12,17,20,26-27H,5-7,10-11H2,1-2H3,(H,28,33)(H,29,34)/t12?,17-,20+/m0/s1. The Kier molecular flexibility index (Phi) is 6.52. The first-order valence-electron chi connectivity index (χ1n) is 11.6. The molecule has 5 rings (SSSR count). The number of hydrogen-bond acceptors (Lipinski definition) is 6. The molecule has 35 heavy (non-hydrogen) atoms. The minimum Gasteiger partial charge on any atom is -0.351 e. The van der Waals surface area contributed by atoms with E-state index in [0.29, 0.717) is 47.8 Å². The first-order valence-corrected chi connectivity index (χ1v) is 12.8. The number of amides is 3. The van der Waals surface area contributed by atoms with Gasteiger partial charge in [-0.25, -0.2) is 4.98 Å². The summed E-state index contributed by atoms with van der Waals surface area (Å²) in [4.78, 5) is 48.7. The first kappa shape index (κ1) is 23.8. The van der Waals surface area contributed by atoms with E-state index in [-0.39, 0.29) is 23.8 Å². The Morgan fingerprint density at radius 2 is 1.97 bits per heavy atom. The SMILES string of the molecule is CC(=O)N1CC[C@H](NC(=O)c2cc3cc(Cl)ccc3[nH]2)[C@H](NC(=O)c2nc3c(s2)CNC(C)C3)C1. The highest BCUT2D eigenvalue weighted by atomic mass is 35.5. The zero-order chi connectivity index (χ0) is 24.7. The molecule has 1 fully saturated rings. The summed E-state index contributed by atoms with van der Waals surface area (Å²) < 4.78 is 0. The largest absolute Gasteiger partial charge is 0.351 e. The molecule has 0 aliphatic carbocycles. The highest BCUT2D eigenvalue weighted by Crippen LogP contribution is 2.24. The van der Waals surface area contributed by atoms with Crippen LogP contribution in [0, 0.1) is 0 Å². The van der Waals surface area contributed by atoms with E-state index in [4.69, 9.17) is 11.6 Å². The number of fused-ring (bicyclic) bond motifs is 2. The molecule has 184 valence electrons. The second-order valence-corrected chi connectivity index (χ2v) is 10.7. The first-order chi connectivity index (χ1) is 16.8. The van der Waals surface area contributed by atoms with Crippen LogP contribution in [0.15, 0.2) is 24.3 Å². The molecule has 2 aromatic heterocycles. The van der Waals surface area contributed by atoms with Crippen LogP contribution in [0.1, 0.15) is 51.1 Å². The fourth-order valence-electron chi connectivity index (χ4n) is 4.67. The van der Waals surface area contributed by atoms with E-state index in [2.05, 4.69) is 32.8 Å². The molecule has 4 N–H and O–H groups in total. The molecule has 0 bridgehead atoms. The molecule has 1 aromatic carbocycles. The lowest BCUT2D eigenvalue weighted by molar-refractivity contribution is -0.130. The van der Waals surface area contributed by atoms with Crippen LogP contribution >= 0.6 is 22.9 Å². The van der Waals surface area contributed by atoms with Crippen molar-refractivity contribution >= 4 is 51.6 Å². The van der Waals surface area contributed by atoms with E-state index in [1.54, 1.807) is 23.1 Å². The number of carbonyl (C=O) groups excluding carboxylic acids is 3. The molecule has 11 heteroatoms. The van der Waals surface area contributed by atoms with Gasteiger partial charge in [-0.1, -0.05) is 11.6 Å². The van der Waals surface area contributed by atoms with Gasteiger partial charge in [0.05, 0.1) is 17.8 Å². The third kappa shape index (κ3) is 5.05. The van der Waals surface area contributed by atoms with E-state index in [1.165, 1.54) is 18.3 Å². The molecule has 3 aromatic rings. The maximum Gasteiger partial charge on any atom is 0.280 e. The van der Waals surface area contributed by atoms with E-state index < -0.39 is 6.04 Å². The lowest BCUT2D eigenvalue weighted by Crippen LogP contribution is -2.61. The van der Waals surface area contributed by atoms with Gasteiger partial charge in [-0.3, -0.25) is 14.4 Å². The summed E-state index contributed by atoms with van der Waals surface area (Å²) in [6, 6.07) is 6.68. The number of nitrogens with one attached hydrogen (secondary N) is 4. The number of benzene rings is 1. The van der Waals surface area contributed by atoms with Crippen LogP contribution in [-0.4, -0.2) is 63.8 Å². The van der Waals surface area contributed by atoms with Crippen molar-refractivity contribution in [1.82, 2.24) is 30.8 Å². The molecular formula is C24H27ClN6O3S. The van der Waals surface area contributed by atoms with Gasteiger partial charge in [0.25, 0.3) is 11.8 Å². The summed E-state index contributed by atoms with van der Waals surface area (Å²) in [5.74, 6) is -0.624. The normalized spacial score (nSPS) is 22.0. The number of nitrogens with zero attached hydrogens (tertiary/aromatic N) is 2. The van der Waals surface area contributed by atoms with E-state index in [0.717, 1.165) is 27.9 Å². The van der Waals surface area contributed by atoms with Gasteiger partial charge in [-0.15, -0.1) is 11.3 Å². The average Bonchev–Trinajstić information content (AvgIpc) is 3.43. The molecule has 3 amide bonds. The maximum atomic E-state index is 13.1. The molecule has 9 nitrogen and oxygen atoms in total. The Morgan fingerprint density at radius 3 is 2.77 bits per heavy atom. The Hall–Kier alpha value is -2.95. The van der Waals surface area contributed by atoms with Crippen molar-refractivity contribution < 1.29 is 14.4 Å². The number of thiazole rings is 1. The maximum absolute atomic E-state index is 13.1. The van der Waals surface area contributed by atoms with Gasteiger partial charge in [-0.2, -0.15) is 0 Å². The van der Waals surface area contributed by atoms with Gasteiger partial charge in [0.1, 0.15) is 5.69 Å². The van der Waals surface area contributed by atoms with Gasteiger partial charge >= 0.3 is 0 Å². The molecule has 4 heterocycles. The van der Waals surface area contributed by atoms with Crippen molar-refractivity contribution in [2.24, 2.45) is 0 Å². The second-order valence-electron chi connectivity index (χ2n) is 9.20. The van der Waals surface area contributed by atoms with Crippen LogP contribution in [0.5, 0.6) is 0 Å². The van der Waals surface area contributed by atoms with Gasteiger partial charge in [0.15, 0.2) is 5.01 Å². The smallest absolute Gasteiger partial charge is 0.280 e. The van der Waals surface area contributed by atoms with Crippen LogP contribution in [0.3, 0.4) is 0 Å². The van der Waals surface area contributed by atoms with Crippen molar-refractivity contribution in [3.05, 3.63) is 50.6 Å². The number of carbonyl (C=O) groups is 3. The fourth-order valence-corrected chi connectivity index (χ4v) is 5.79. The monoisotopic (exact) mass is 514 g/mol. The second kappa shape index (κ2) is 9.60. The average molecular weight is 515 g/mol.